The van der Waals surface area contributed by atoms with Crippen LogP contribution in [0.2, 0.25) is 0 Å². The minimum absolute atomic E-state index is 0.0249. The Hall–Kier alpha value is -1.03. The molecule has 0 aliphatic carbocycles. The number of hydrogen-bond donors (Lipinski definition) is 1. The summed E-state index contributed by atoms with van der Waals surface area (Å²) in [7, 11) is 0. The fourth-order valence-corrected chi connectivity index (χ4v) is 1.87. The van der Waals surface area contributed by atoms with Gasteiger partial charge in [-0.15, -0.1) is 0 Å². The van der Waals surface area contributed by atoms with Gasteiger partial charge < -0.3 is 10.1 Å². The van der Waals surface area contributed by atoms with Crippen LogP contribution < -0.4 is 5.32 Å². The molecule has 0 spiro atoms. The molecular weight excluding hydrogens is 234 g/mol. The molecule has 1 saturated heterocycles. The van der Waals surface area contributed by atoms with E-state index in [9.17, 15) is 4.79 Å². The molecular formula is C9H8BrNO2. The highest BCUT2D eigenvalue weighted by molar-refractivity contribution is 9.10. The monoisotopic (exact) mass is 241 g/mol. The minimum atomic E-state index is -0.347. The molecule has 0 bridgehead atoms. The first-order chi connectivity index (χ1) is 6.27. The van der Waals surface area contributed by atoms with E-state index in [0.29, 0.717) is 6.61 Å². The molecule has 0 saturated carbocycles. The molecule has 4 heteroatoms. The van der Waals surface area contributed by atoms with Crippen molar-refractivity contribution in [3.63, 3.8) is 0 Å². The van der Waals surface area contributed by atoms with E-state index in [2.05, 4.69) is 21.2 Å². The highest BCUT2D eigenvalue weighted by Crippen LogP contribution is 2.25. The van der Waals surface area contributed by atoms with Gasteiger partial charge in [-0.1, -0.05) is 34.1 Å². The van der Waals surface area contributed by atoms with Crippen LogP contribution in [0.1, 0.15) is 11.6 Å². The zero-order valence-electron chi connectivity index (χ0n) is 6.79. The van der Waals surface area contributed by atoms with Gasteiger partial charge in [-0.2, -0.15) is 0 Å². The van der Waals surface area contributed by atoms with Crippen molar-refractivity contribution in [2.45, 2.75) is 6.04 Å². The topological polar surface area (TPSA) is 38.3 Å². The van der Waals surface area contributed by atoms with Crippen LogP contribution in [0.4, 0.5) is 4.79 Å². The lowest BCUT2D eigenvalue weighted by Crippen LogP contribution is -2.18. The van der Waals surface area contributed by atoms with E-state index in [-0.39, 0.29) is 12.1 Å². The van der Waals surface area contributed by atoms with Crippen LogP contribution in [0.15, 0.2) is 28.7 Å². The molecule has 1 fully saturated rings. The van der Waals surface area contributed by atoms with Gasteiger partial charge >= 0.3 is 6.09 Å². The molecule has 1 amide bonds. The first-order valence-electron chi connectivity index (χ1n) is 3.95. The van der Waals surface area contributed by atoms with Gasteiger partial charge in [0.15, 0.2) is 0 Å². The number of rotatable bonds is 1. The van der Waals surface area contributed by atoms with E-state index >= 15 is 0 Å². The third-order valence-electron chi connectivity index (χ3n) is 1.95. The van der Waals surface area contributed by atoms with Crippen LogP contribution in [0.5, 0.6) is 0 Å². The van der Waals surface area contributed by atoms with Crippen molar-refractivity contribution < 1.29 is 9.53 Å². The molecule has 1 aromatic carbocycles. The smallest absolute Gasteiger partial charge is 0.407 e. The van der Waals surface area contributed by atoms with Crippen molar-refractivity contribution in [2.75, 3.05) is 6.61 Å². The molecule has 13 heavy (non-hydrogen) atoms. The largest absolute Gasteiger partial charge is 0.447 e. The molecule has 1 aromatic rings. The number of halogens is 1. The van der Waals surface area contributed by atoms with Gasteiger partial charge in [-0.3, -0.25) is 0 Å². The van der Waals surface area contributed by atoms with Crippen LogP contribution in [0, 0.1) is 0 Å². The van der Waals surface area contributed by atoms with Gasteiger partial charge in [0.25, 0.3) is 0 Å². The molecule has 3 nitrogen and oxygen atoms in total. The van der Waals surface area contributed by atoms with Crippen LogP contribution in [0.25, 0.3) is 0 Å². The SMILES string of the molecule is O=C1N[C@H](c2ccccc2Br)CO1. The normalized spacial score (nSPS) is 21.0. The highest BCUT2D eigenvalue weighted by atomic mass is 79.9. The number of benzene rings is 1. The van der Waals surface area contributed by atoms with Crippen molar-refractivity contribution in [2.24, 2.45) is 0 Å². The van der Waals surface area contributed by atoms with Crippen LogP contribution >= 0.6 is 15.9 Å². The number of cyclic esters (lactones) is 1. The zero-order chi connectivity index (χ0) is 9.26. The molecule has 1 heterocycles. The molecule has 1 atom stereocenters. The third-order valence-corrected chi connectivity index (χ3v) is 2.68. The van der Waals surface area contributed by atoms with Crippen LogP contribution in [-0.2, 0) is 4.74 Å². The number of alkyl carbamates (subject to hydrolysis) is 1. The predicted molar refractivity (Wildman–Crippen MR) is 51.4 cm³/mol. The number of amides is 1. The predicted octanol–water partition coefficient (Wildman–Crippen LogP) is 2.23. The lowest BCUT2D eigenvalue weighted by atomic mass is 10.1. The van der Waals surface area contributed by atoms with Crippen molar-refractivity contribution in [3.8, 4) is 0 Å². The second-order valence-corrected chi connectivity index (χ2v) is 3.67. The van der Waals surface area contributed by atoms with Gasteiger partial charge in [0, 0.05) is 4.47 Å². The first-order valence-corrected chi connectivity index (χ1v) is 4.74. The standard InChI is InChI=1S/C9H8BrNO2/c10-7-4-2-1-3-6(7)8-5-13-9(12)11-8/h1-4,8H,5H2,(H,11,12)/t8-/m0/s1. The van der Waals surface area contributed by atoms with E-state index in [4.69, 9.17) is 4.74 Å². The van der Waals surface area contributed by atoms with Gasteiger partial charge in [0.05, 0.1) is 6.04 Å². The quantitative estimate of drug-likeness (QED) is 0.819. The first kappa shape index (κ1) is 8.56. The Balaban J connectivity index is 2.26. The third kappa shape index (κ3) is 1.67. The molecule has 1 aliphatic heterocycles. The van der Waals surface area contributed by atoms with E-state index in [1.165, 1.54) is 0 Å². The van der Waals surface area contributed by atoms with Crippen molar-refractivity contribution in [1.29, 1.82) is 0 Å². The fraction of sp³-hybridized carbons (Fsp3) is 0.222. The molecule has 68 valence electrons. The summed E-state index contributed by atoms with van der Waals surface area (Å²) >= 11 is 3.42. The van der Waals surface area contributed by atoms with Crippen molar-refractivity contribution in [1.82, 2.24) is 5.32 Å². The maximum absolute atomic E-state index is 10.8. The van der Waals surface area contributed by atoms with E-state index in [0.717, 1.165) is 10.0 Å². The summed E-state index contributed by atoms with van der Waals surface area (Å²) in [6.07, 6.45) is -0.347. The summed E-state index contributed by atoms with van der Waals surface area (Å²) in [5, 5.41) is 2.72. The molecule has 0 aromatic heterocycles. The molecule has 1 aliphatic rings. The average molecular weight is 242 g/mol. The van der Waals surface area contributed by atoms with Crippen molar-refractivity contribution >= 4 is 22.0 Å². The molecule has 0 unspecified atom stereocenters. The summed E-state index contributed by atoms with van der Waals surface area (Å²) in [5.41, 5.74) is 1.05. The Morgan fingerprint density at radius 3 is 2.85 bits per heavy atom. The summed E-state index contributed by atoms with van der Waals surface area (Å²) in [6, 6.07) is 7.75. The maximum Gasteiger partial charge on any atom is 0.407 e. The van der Waals surface area contributed by atoms with Crippen molar-refractivity contribution in [3.05, 3.63) is 34.3 Å². The summed E-state index contributed by atoms with van der Waals surface area (Å²) in [4.78, 5) is 10.8. The summed E-state index contributed by atoms with van der Waals surface area (Å²) < 4.78 is 5.80. The molecule has 1 N–H and O–H groups in total. The minimum Gasteiger partial charge on any atom is -0.447 e. The average Bonchev–Trinajstić information content (AvgIpc) is 2.53. The Kier molecular flexibility index (Phi) is 2.22. The zero-order valence-corrected chi connectivity index (χ0v) is 8.37. The number of carbonyl (C=O) groups is 1. The Labute approximate surface area is 84.2 Å². The summed E-state index contributed by atoms with van der Waals surface area (Å²) in [6.45, 7) is 0.404. The maximum atomic E-state index is 10.8. The highest BCUT2D eigenvalue weighted by Gasteiger charge is 2.24. The van der Waals surface area contributed by atoms with Gasteiger partial charge in [0.2, 0.25) is 0 Å². The van der Waals surface area contributed by atoms with Crippen LogP contribution in [-0.4, -0.2) is 12.7 Å². The van der Waals surface area contributed by atoms with E-state index in [1.807, 2.05) is 24.3 Å². The van der Waals surface area contributed by atoms with Gasteiger partial charge in [-0.25, -0.2) is 4.79 Å². The Morgan fingerprint density at radius 1 is 1.46 bits per heavy atom. The number of ether oxygens (including phenoxy) is 1. The number of carbonyl (C=O) groups excluding carboxylic acids is 1. The van der Waals surface area contributed by atoms with Gasteiger partial charge in [0.1, 0.15) is 6.61 Å². The second kappa shape index (κ2) is 3.38. The number of hydrogen-bond acceptors (Lipinski definition) is 2. The molecule has 2 rings (SSSR count). The van der Waals surface area contributed by atoms with Crippen LogP contribution in [0.3, 0.4) is 0 Å². The van der Waals surface area contributed by atoms with Gasteiger partial charge in [-0.05, 0) is 11.6 Å². The Bertz CT molecular complexity index is 340. The summed E-state index contributed by atoms with van der Waals surface area (Å²) in [5.74, 6) is 0. The number of nitrogens with one attached hydrogen (secondary N) is 1. The Morgan fingerprint density at radius 2 is 2.23 bits per heavy atom. The fourth-order valence-electron chi connectivity index (χ4n) is 1.31. The molecule has 0 radical (unpaired) electrons. The lowest BCUT2D eigenvalue weighted by molar-refractivity contribution is 0.177. The lowest BCUT2D eigenvalue weighted by Gasteiger charge is -2.08. The van der Waals surface area contributed by atoms with E-state index < -0.39 is 0 Å². The van der Waals surface area contributed by atoms with E-state index in [1.54, 1.807) is 0 Å². The second-order valence-electron chi connectivity index (χ2n) is 2.82.